The first kappa shape index (κ1) is 12.7. The van der Waals surface area contributed by atoms with Gasteiger partial charge in [0.15, 0.2) is 10.8 Å². The topological polar surface area (TPSA) is 63.7 Å². The van der Waals surface area contributed by atoms with Crippen LogP contribution in [0.15, 0.2) is 36.0 Å². The van der Waals surface area contributed by atoms with Crippen LogP contribution in [0.1, 0.15) is 0 Å². The summed E-state index contributed by atoms with van der Waals surface area (Å²) in [5, 5.41) is 9.07. The van der Waals surface area contributed by atoms with Gasteiger partial charge in [-0.1, -0.05) is 0 Å². The average molecular weight is 294 g/mol. The highest BCUT2D eigenvalue weighted by Gasteiger charge is 2.09. The summed E-state index contributed by atoms with van der Waals surface area (Å²) in [6.07, 6.45) is 1.41. The molecule has 1 N–H and O–H groups in total. The van der Waals surface area contributed by atoms with Crippen molar-refractivity contribution < 1.29 is 13.5 Å². The van der Waals surface area contributed by atoms with Crippen molar-refractivity contribution in [3.05, 3.63) is 36.0 Å². The quantitative estimate of drug-likeness (QED) is 0.802. The van der Waals surface area contributed by atoms with Crippen molar-refractivity contribution in [1.82, 2.24) is 20.2 Å². The van der Waals surface area contributed by atoms with Crippen molar-refractivity contribution in [2.24, 2.45) is 0 Å². The van der Waals surface area contributed by atoms with E-state index in [1.807, 2.05) is 5.38 Å². The van der Waals surface area contributed by atoms with Gasteiger partial charge in [0.25, 0.3) is 0 Å². The van der Waals surface area contributed by atoms with E-state index in [1.54, 1.807) is 12.1 Å². The summed E-state index contributed by atoms with van der Waals surface area (Å²) in [5.41, 5.74) is 1.55. The molecule has 0 fully saturated rings. The number of nitrogens with zero attached hydrogens (tertiary/aromatic N) is 3. The molecule has 0 aliphatic rings. The summed E-state index contributed by atoms with van der Waals surface area (Å²) >= 11 is 1.42. The van der Waals surface area contributed by atoms with Crippen LogP contribution in [0.2, 0.25) is 0 Å². The maximum atomic E-state index is 12.1. The molecule has 102 valence electrons. The number of hydrogen-bond acceptors (Lipinski definition) is 5. The summed E-state index contributed by atoms with van der Waals surface area (Å²) in [6, 6.07) is 6.32. The average Bonchev–Trinajstić information content (AvgIpc) is 3.10. The van der Waals surface area contributed by atoms with E-state index >= 15 is 0 Å². The van der Waals surface area contributed by atoms with Gasteiger partial charge in [0, 0.05) is 10.9 Å². The number of rotatable bonds is 4. The maximum absolute atomic E-state index is 12.1. The van der Waals surface area contributed by atoms with Crippen LogP contribution in [-0.4, -0.2) is 26.8 Å². The molecule has 0 atom stereocenters. The molecule has 0 radical (unpaired) electrons. The minimum atomic E-state index is -2.82. The summed E-state index contributed by atoms with van der Waals surface area (Å²) in [4.78, 5) is 8.43. The molecule has 3 aromatic rings. The van der Waals surface area contributed by atoms with Crippen molar-refractivity contribution in [1.29, 1.82) is 0 Å². The Morgan fingerprint density at radius 2 is 2.00 bits per heavy atom. The number of hydrogen-bond donors (Lipinski definition) is 1. The SMILES string of the molecule is FC(F)Oc1ccc(-c2csc(-c3ncn[nH]3)n2)cc1. The smallest absolute Gasteiger partial charge is 0.387 e. The second-order valence-electron chi connectivity index (χ2n) is 3.77. The van der Waals surface area contributed by atoms with Crippen LogP contribution in [-0.2, 0) is 0 Å². The van der Waals surface area contributed by atoms with Crippen molar-refractivity contribution >= 4 is 11.3 Å². The minimum absolute atomic E-state index is 0.120. The summed E-state index contributed by atoms with van der Waals surface area (Å²) in [6.45, 7) is -2.82. The summed E-state index contributed by atoms with van der Waals surface area (Å²) < 4.78 is 28.4. The Labute approximate surface area is 116 Å². The van der Waals surface area contributed by atoms with Crippen molar-refractivity contribution in [3.8, 4) is 27.8 Å². The van der Waals surface area contributed by atoms with Gasteiger partial charge < -0.3 is 4.74 Å². The van der Waals surface area contributed by atoms with Gasteiger partial charge in [0.05, 0.1) is 5.69 Å². The lowest BCUT2D eigenvalue weighted by molar-refractivity contribution is -0.0498. The van der Waals surface area contributed by atoms with Gasteiger partial charge in [-0.15, -0.1) is 11.3 Å². The highest BCUT2D eigenvalue weighted by molar-refractivity contribution is 7.13. The fourth-order valence-electron chi connectivity index (χ4n) is 1.63. The molecule has 5 nitrogen and oxygen atoms in total. The molecular weight excluding hydrogens is 286 g/mol. The van der Waals surface area contributed by atoms with E-state index < -0.39 is 6.61 Å². The molecule has 0 bridgehead atoms. The number of aromatic amines is 1. The van der Waals surface area contributed by atoms with E-state index in [-0.39, 0.29) is 5.75 Å². The van der Waals surface area contributed by atoms with Gasteiger partial charge in [-0.2, -0.15) is 13.9 Å². The monoisotopic (exact) mass is 294 g/mol. The molecule has 2 heterocycles. The predicted molar refractivity (Wildman–Crippen MR) is 69.6 cm³/mol. The van der Waals surface area contributed by atoms with Gasteiger partial charge in [-0.05, 0) is 24.3 Å². The van der Waals surface area contributed by atoms with E-state index in [0.717, 1.165) is 11.3 Å². The molecular formula is C12H8F2N4OS. The number of aromatic nitrogens is 4. The zero-order valence-electron chi connectivity index (χ0n) is 9.96. The number of nitrogens with one attached hydrogen (secondary N) is 1. The van der Waals surface area contributed by atoms with Crippen molar-refractivity contribution in [3.63, 3.8) is 0 Å². The zero-order valence-corrected chi connectivity index (χ0v) is 10.8. The van der Waals surface area contributed by atoms with Crippen molar-refractivity contribution in [2.45, 2.75) is 6.61 Å². The highest BCUT2D eigenvalue weighted by atomic mass is 32.1. The maximum Gasteiger partial charge on any atom is 0.387 e. The molecule has 0 unspecified atom stereocenters. The minimum Gasteiger partial charge on any atom is -0.435 e. The van der Waals surface area contributed by atoms with Crippen molar-refractivity contribution in [2.75, 3.05) is 0 Å². The lowest BCUT2D eigenvalue weighted by Gasteiger charge is -2.04. The van der Waals surface area contributed by atoms with Gasteiger partial charge >= 0.3 is 6.61 Å². The molecule has 2 aromatic heterocycles. The molecule has 0 saturated heterocycles. The highest BCUT2D eigenvalue weighted by Crippen LogP contribution is 2.28. The molecule has 8 heteroatoms. The van der Waals surface area contributed by atoms with Crippen LogP contribution in [0, 0.1) is 0 Å². The van der Waals surface area contributed by atoms with Gasteiger partial charge in [0.2, 0.25) is 0 Å². The van der Waals surface area contributed by atoms with Crippen LogP contribution in [0.5, 0.6) is 5.75 Å². The first-order valence-electron chi connectivity index (χ1n) is 5.59. The zero-order chi connectivity index (χ0) is 13.9. The van der Waals surface area contributed by atoms with Crippen LogP contribution < -0.4 is 4.74 Å². The Hall–Kier alpha value is -2.35. The van der Waals surface area contributed by atoms with Gasteiger partial charge in [0.1, 0.15) is 12.1 Å². The second-order valence-corrected chi connectivity index (χ2v) is 4.63. The van der Waals surface area contributed by atoms with E-state index in [4.69, 9.17) is 0 Å². The lowest BCUT2D eigenvalue weighted by atomic mass is 10.2. The second kappa shape index (κ2) is 5.33. The normalized spacial score (nSPS) is 10.9. The molecule has 0 spiro atoms. The first-order chi connectivity index (χ1) is 9.72. The number of ether oxygens (including phenoxy) is 1. The van der Waals surface area contributed by atoms with Crippen LogP contribution in [0.25, 0.3) is 22.1 Å². The Bertz CT molecular complexity index is 682. The number of benzene rings is 1. The fourth-order valence-corrected chi connectivity index (χ4v) is 2.40. The van der Waals surface area contributed by atoms with Crippen LogP contribution >= 0.6 is 11.3 Å². The third kappa shape index (κ3) is 2.64. The molecule has 0 amide bonds. The Morgan fingerprint density at radius 3 is 2.65 bits per heavy atom. The predicted octanol–water partition coefficient (Wildman–Crippen LogP) is 3.20. The Balaban J connectivity index is 1.83. The third-order valence-corrected chi connectivity index (χ3v) is 3.35. The standard InChI is InChI=1S/C12H8F2N4OS/c13-12(14)19-8-3-1-7(2-4-8)9-5-20-11(17-9)10-15-6-16-18-10/h1-6,12H,(H,15,16,18). The Morgan fingerprint density at radius 1 is 1.20 bits per heavy atom. The number of H-pyrrole nitrogens is 1. The van der Waals surface area contributed by atoms with E-state index in [2.05, 4.69) is 24.9 Å². The van der Waals surface area contributed by atoms with E-state index in [9.17, 15) is 8.78 Å². The van der Waals surface area contributed by atoms with Crippen LogP contribution in [0.3, 0.4) is 0 Å². The third-order valence-electron chi connectivity index (χ3n) is 2.50. The molecule has 3 rings (SSSR count). The number of thiazole rings is 1. The number of alkyl halides is 2. The molecule has 0 saturated carbocycles. The first-order valence-corrected chi connectivity index (χ1v) is 6.47. The van der Waals surface area contributed by atoms with E-state index in [0.29, 0.717) is 10.8 Å². The molecule has 20 heavy (non-hydrogen) atoms. The number of halogens is 2. The van der Waals surface area contributed by atoms with E-state index in [1.165, 1.54) is 29.8 Å². The van der Waals surface area contributed by atoms with Crippen LogP contribution in [0.4, 0.5) is 8.78 Å². The van der Waals surface area contributed by atoms with Gasteiger partial charge in [-0.3, -0.25) is 5.10 Å². The molecule has 1 aromatic carbocycles. The fraction of sp³-hybridized carbons (Fsp3) is 0.0833. The molecule has 0 aliphatic carbocycles. The van der Waals surface area contributed by atoms with Gasteiger partial charge in [-0.25, -0.2) is 9.97 Å². The summed E-state index contributed by atoms with van der Waals surface area (Å²) in [5.74, 6) is 0.716. The summed E-state index contributed by atoms with van der Waals surface area (Å²) in [7, 11) is 0. The lowest BCUT2D eigenvalue weighted by Crippen LogP contribution is -2.01. The Kier molecular flexibility index (Phi) is 3.38. The largest absolute Gasteiger partial charge is 0.435 e. The molecule has 0 aliphatic heterocycles.